The minimum Gasteiger partial charge on any atom is -0.342 e. The maximum Gasteiger partial charge on any atom is 0.227 e. The number of hydrogen-bond acceptors (Lipinski definition) is 5. The molecule has 3 aromatic rings. The van der Waals surface area contributed by atoms with Gasteiger partial charge in [-0.1, -0.05) is 17.7 Å². The van der Waals surface area contributed by atoms with E-state index in [1.807, 2.05) is 13.0 Å². The van der Waals surface area contributed by atoms with Gasteiger partial charge in [0, 0.05) is 42.5 Å². The summed E-state index contributed by atoms with van der Waals surface area (Å²) in [5.74, 6) is 3.82. The lowest BCUT2D eigenvalue weighted by atomic mass is 9.91. The molecule has 2 fully saturated rings. The van der Waals surface area contributed by atoms with Crippen LogP contribution in [-0.4, -0.2) is 44.1 Å². The van der Waals surface area contributed by atoms with Crippen LogP contribution >= 0.6 is 0 Å². The van der Waals surface area contributed by atoms with Crippen molar-refractivity contribution >= 4 is 17.5 Å². The lowest BCUT2D eigenvalue weighted by Crippen LogP contribution is -2.40. The number of carbonyl (C=O) groups excluding carboxylic acids is 1. The molecule has 2 N–H and O–H groups in total. The number of nitrogens with zero attached hydrogens (tertiary/aromatic N) is 4. The average Bonchev–Trinajstić information content (AvgIpc) is 3.59. The Kier molecular flexibility index (Phi) is 6.58. The summed E-state index contributed by atoms with van der Waals surface area (Å²) in [4.78, 5) is 24.8. The van der Waals surface area contributed by atoms with Gasteiger partial charge in [0.05, 0.1) is 6.42 Å². The first-order chi connectivity index (χ1) is 16.8. The first-order valence-corrected chi connectivity index (χ1v) is 12.9. The summed E-state index contributed by atoms with van der Waals surface area (Å²) in [5.41, 5.74) is 6.98. The highest BCUT2D eigenvalue weighted by Crippen LogP contribution is 2.39. The third kappa shape index (κ3) is 5.72. The zero-order chi connectivity index (χ0) is 24.5. The average molecular weight is 473 g/mol. The minimum absolute atomic E-state index is 0.248. The second kappa shape index (κ2) is 9.80. The standard InChI is InChI=1S/C28H36N6O/c1-17-11-18(2)24(19(3)12-17)16-27(35)34-9-7-21(8-10-34)14-23-15-25(30-26-13-20(4)32-33-26)31-28(29-23)22-5-6-22/h11-13,15,21-22H,5-10,14,16H2,1-4H3,(H2,29,30,31,32,33). The lowest BCUT2D eigenvalue weighted by molar-refractivity contribution is -0.131. The minimum atomic E-state index is 0.248. The molecule has 3 heterocycles. The smallest absolute Gasteiger partial charge is 0.227 e. The van der Waals surface area contributed by atoms with Crippen molar-refractivity contribution in [2.24, 2.45) is 5.92 Å². The Bertz CT molecular complexity index is 1200. The van der Waals surface area contributed by atoms with Gasteiger partial charge in [-0.2, -0.15) is 5.10 Å². The molecule has 0 unspecified atom stereocenters. The molecular weight excluding hydrogens is 436 g/mol. The van der Waals surface area contributed by atoms with Crippen LogP contribution in [0.4, 0.5) is 11.6 Å². The summed E-state index contributed by atoms with van der Waals surface area (Å²) in [6.07, 6.45) is 5.80. The van der Waals surface area contributed by atoms with E-state index >= 15 is 0 Å². The summed E-state index contributed by atoms with van der Waals surface area (Å²) in [6, 6.07) is 8.40. The molecule has 1 saturated heterocycles. The van der Waals surface area contributed by atoms with E-state index in [2.05, 4.69) is 59.4 Å². The van der Waals surface area contributed by atoms with Crippen LogP contribution in [0.15, 0.2) is 24.3 Å². The normalized spacial score (nSPS) is 16.5. The third-order valence-corrected chi connectivity index (χ3v) is 7.33. The van der Waals surface area contributed by atoms with Crippen molar-refractivity contribution < 1.29 is 4.79 Å². The number of aryl methyl sites for hydroxylation is 4. The monoisotopic (exact) mass is 472 g/mol. The molecule has 0 bridgehead atoms. The van der Waals surface area contributed by atoms with Crippen LogP contribution in [0, 0.1) is 33.6 Å². The first kappa shape index (κ1) is 23.5. The number of aromatic amines is 1. The highest BCUT2D eigenvalue weighted by Gasteiger charge is 2.29. The van der Waals surface area contributed by atoms with Gasteiger partial charge in [-0.05, 0) is 82.4 Å². The van der Waals surface area contributed by atoms with E-state index < -0.39 is 0 Å². The summed E-state index contributed by atoms with van der Waals surface area (Å²) in [5, 5.41) is 10.6. The maximum atomic E-state index is 13.1. The quantitative estimate of drug-likeness (QED) is 0.501. The Morgan fingerprint density at radius 2 is 1.69 bits per heavy atom. The maximum absolute atomic E-state index is 13.1. The predicted octanol–water partition coefficient (Wildman–Crippen LogP) is 5.08. The van der Waals surface area contributed by atoms with Crippen LogP contribution in [0.5, 0.6) is 0 Å². The van der Waals surface area contributed by atoms with E-state index in [9.17, 15) is 4.79 Å². The molecule has 1 aliphatic heterocycles. The van der Waals surface area contributed by atoms with Crippen LogP contribution in [0.3, 0.4) is 0 Å². The van der Waals surface area contributed by atoms with Crippen molar-refractivity contribution in [3.8, 4) is 0 Å². The van der Waals surface area contributed by atoms with E-state index in [1.54, 1.807) is 0 Å². The Balaban J connectivity index is 1.20. The zero-order valence-corrected chi connectivity index (χ0v) is 21.3. The van der Waals surface area contributed by atoms with Gasteiger partial charge in [-0.15, -0.1) is 0 Å². The number of aromatic nitrogens is 4. The zero-order valence-electron chi connectivity index (χ0n) is 21.3. The third-order valence-electron chi connectivity index (χ3n) is 7.33. The second-order valence-corrected chi connectivity index (χ2v) is 10.5. The van der Waals surface area contributed by atoms with Crippen molar-refractivity contribution in [1.82, 2.24) is 25.1 Å². The number of rotatable bonds is 7. The van der Waals surface area contributed by atoms with Crippen molar-refractivity contribution in [2.45, 2.75) is 72.1 Å². The van der Waals surface area contributed by atoms with E-state index in [1.165, 1.54) is 35.1 Å². The van der Waals surface area contributed by atoms with Gasteiger partial charge in [0.2, 0.25) is 5.91 Å². The summed E-state index contributed by atoms with van der Waals surface area (Å²) < 4.78 is 0. The van der Waals surface area contributed by atoms with Gasteiger partial charge in [-0.25, -0.2) is 9.97 Å². The van der Waals surface area contributed by atoms with E-state index in [-0.39, 0.29) is 5.91 Å². The Morgan fingerprint density at radius 3 is 2.31 bits per heavy atom. The van der Waals surface area contributed by atoms with Crippen LogP contribution in [0.1, 0.15) is 71.1 Å². The van der Waals surface area contributed by atoms with Gasteiger partial charge in [-0.3, -0.25) is 9.89 Å². The van der Waals surface area contributed by atoms with Crippen molar-refractivity contribution in [1.29, 1.82) is 0 Å². The van der Waals surface area contributed by atoms with Crippen LogP contribution in [-0.2, 0) is 17.6 Å². The van der Waals surface area contributed by atoms with Gasteiger partial charge in [0.25, 0.3) is 0 Å². The van der Waals surface area contributed by atoms with Crippen molar-refractivity contribution in [3.63, 3.8) is 0 Å². The largest absolute Gasteiger partial charge is 0.342 e. The van der Waals surface area contributed by atoms with E-state index in [0.717, 1.165) is 61.2 Å². The van der Waals surface area contributed by atoms with Gasteiger partial charge >= 0.3 is 0 Å². The SMILES string of the molecule is Cc1cc(C)c(CC(=O)N2CCC(Cc3cc(Nc4cc(C)[nH]n4)nc(C4CC4)n3)CC2)c(C)c1. The predicted molar refractivity (Wildman–Crippen MR) is 138 cm³/mol. The summed E-state index contributed by atoms with van der Waals surface area (Å²) in [6.45, 7) is 9.97. The van der Waals surface area contributed by atoms with Gasteiger partial charge in [0.15, 0.2) is 5.82 Å². The fraction of sp³-hybridized carbons (Fsp3) is 0.500. The van der Waals surface area contributed by atoms with Crippen molar-refractivity contribution in [2.75, 3.05) is 18.4 Å². The fourth-order valence-corrected chi connectivity index (χ4v) is 5.26. The second-order valence-electron chi connectivity index (χ2n) is 10.5. The molecule has 0 atom stereocenters. The molecule has 7 nitrogen and oxygen atoms in total. The summed E-state index contributed by atoms with van der Waals surface area (Å²) in [7, 11) is 0. The number of H-pyrrole nitrogens is 1. The Morgan fingerprint density at radius 1 is 0.971 bits per heavy atom. The molecule has 0 spiro atoms. The highest BCUT2D eigenvalue weighted by molar-refractivity contribution is 5.79. The number of amides is 1. The molecule has 7 heteroatoms. The van der Waals surface area contributed by atoms with Crippen LogP contribution in [0.2, 0.25) is 0 Å². The Hall–Kier alpha value is -3.22. The highest BCUT2D eigenvalue weighted by atomic mass is 16.2. The molecule has 0 radical (unpaired) electrons. The van der Waals surface area contributed by atoms with Gasteiger partial charge in [0.1, 0.15) is 11.6 Å². The molecule has 1 amide bonds. The van der Waals surface area contributed by atoms with Crippen LogP contribution in [0.25, 0.3) is 0 Å². The molecule has 2 aliphatic rings. The molecule has 1 aliphatic carbocycles. The Labute approximate surface area is 207 Å². The molecule has 1 aromatic carbocycles. The van der Waals surface area contributed by atoms with Gasteiger partial charge < -0.3 is 10.2 Å². The van der Waals surface area contributed by atoms with E-state index in [4.69, 9.17) is 9.97 Å². The number of anilines is 2. The molecule has 5 rings (SSSR count). The molecule has 2 aromatic heterocycles. The molecule has 35 heavy (non-hydrogen) atoms. The number of benzene rings is 1. The molecule has 184 valence electrons. The molecule has 1 saturated carbocycles. The topological polar surface area (TPSA) is 86.8 Å². The lowest BCUT2D eigenvalue weighted by Gasteiger charge is -2.32. The van der Waals surface area contributed by atoms with Crippen LogP contribution < -0.4 is 5.32 Å². The van der Waals surface area contributed by atoms with Crippen molar-refractivity contribution in [3.05, 3.63) is 63.7 Å². The number of likely N-dealkylation sites (tertiary alicyclic amines) is 1. The number of hydrogen-bond donors (Lipinski definition) is 2. The molecular formula is C28H36N6O. The summed E-state index contributed by atoms with van der Waals surface area (Å²) >= 11 is 0. The number of nitrogens with one attached hydrogen (secondary N) is 2. The number of carbonyl (C=O) groups is 1. The number of piperidine rings is 1. The fourth-order valence-electron chi connectivity index (χ4n) is 5.26. The first-order valence-electron chi connectivity index (χ1n) is 12.9. The van der Waals surface area contributed by atoms with E-state index in [0.29, 0.717) is 18.3 Å².